The Balaban J connectivity index is 3.28. The molecule has 0 amide bonds. The van der Waals surface area contributed by atoms with E-state index in [1.807, 2.05) is 4.98 Å². The second kappa shape index (κ2) is 2.54. The van der Waals surface area contributed by atoms with Crippen LogP contribution >= 0.6 is 0 Å². The number of hydrogen-bond donors (Lipinski definition) is 2. The fourth-order valence-electron chi connectivity index (χ4n) is 0.733. The predicted molar refractivity (Wildman–Crippen MR) is 36.5 cm³/mol. The summed E-state index contributed by atoms with van der Waals surface area (Å²) >= 11 is 0. The minimum absolute atomic E-state index is 0.553. The van der Waals surface area contributed by atoms with Gasteiger partial charge in [-0.25, -0.2) is 0 Å². The number of anilines is 1. The van der Waals surface area contributed by atoms with Gasteiger partial charge in [0, 0.05) is 12.3 Å². The Labute approximate surface area is 65.0 Å². The third-order valence-corrected chi connectivity index (χ3v) is 1.26. The highest BCUT2D eigenvalue weighted by molar-refractivity contribution is 5.45. The van der Waals surface area contributed by atoms with Crippen molar-refractivity contribution < 1.29 is 13.2 Å². The molecule has 6 heteroatoms. The van der Waals surface area contributed by atoms with Crippen molar-refractivity contribution in [1.29, 1.82) is 0 Å². The molecule has 3 nitrogen and oxygen atoms in total. The molecule has 3 N–H and O–H groups in total. The number of nitrogen functional groups attached to an aromatic ring is 1. The summed E-state index contributed by atoms with van der Waals surface area (Å²) in [7, 11) is 0. The molecule has 0 aliphatic heterocycles. The summed E-state index contributed by atoms with van der Waals surface area (Å²) in [6.07, 6.45) is -3.97. The van der Waals surface area contributed by atoms with E-state index < -0.39 is 23.0 Å². The molecule has 0 fully saturated rings. The minimum Gasteiger partial charge on any atom is -0.398 e. The molecule has 0 aliphatic carbocycles. The van der Waals surface area contributed by atoms with Crippen LogP contribution in [0.3, 0.4) is 0 Å². The van der Waals surface area contributed by atoms with Crippen molar-refractivity contribution in [3.8, 4) is 0 Å². The summed E-state index contributed by atoms with van der Waals surface area (Å²) < 4.78 is 35.9. The van der Waals surface area contributed by atoms with Gasteiger partial charge in [0.15, 0.2) is 0 Å². The van der Waals surface area contributed by atoms with Crippen molar-refractivity contribution in [1.82, 2.24) is 4.98 Å². The Morgan fingerprint density at radius 1 is 1.42 bits per heavy atom. The SMILES string of the molecule is Nc1cc(=O)[nH]cc1C(F)(F)F. The Bertz CT molecular complexity index is 341. The van der Waals surface area contributed by atoms with E-state index in [9.17, 15) is 18.0 Å². The van der Waals surface area contributed by atoms with Gasteiger partial charge in [-0.2, -0.15) is 13.2 Å². The summed E-state index contributed by atoms with van der Waals surface area (Å²) in [5, 5.41) is 0. The van der Waals surface area contributed by atoms with E-state index in [2.05, 4.69) is 0 Å². The molecule has 1 heterocycles. The number of rotatable bonds is 0. The zero-order chi connectivity index (χ0) is 9.35. The third kappa shape index (κ3) is 1.58. The molecule has 0 aromatic carbocycles. The summed E-state index contributed by atoms with van der Waals surface area (Å²) in [5.74, 6) is 0. The quantitative estimate of drug-likeness (QED) is 0.622. The number of aromatic amines is 1. The van der Waals surface area contributed by atoms with Crippen LogP contribution in [-0.2, 0) is 6.18 Å². The van der Waals surface area contributed by atoms with E-state index in [1.54, 1.807) is 0 Å². The van der Waals surface area contributed by atoms with E-state index in [0.717, 1.165) is 0 Å². The lowest BCUT2D eigenvalue weighted by Gasteiger charge is -2.07. The zero-order valence-corrected chi connectivity index (χ0v) is 5.77. The van der Waals surface area contributed by atoms with E-state index in [4.69, 9.17) is 5.73 Å². The highest BCUT2D eigenvalue weighted by Gasteiger charge is 2.33. The number of halogens is 3. The van der Waals surface area contributed by atoms with Gasteiger partial charge in [-0.1, -0.05) is 0 Å². The van der Waals surface area contributed by atoms with Crippen LogP contribution in [0.15, 0.2) is 17.1 Å². The van der Waals surface area contributed by atoms with Crippen molar-refractivity contribution in [3.05, 3.63) is 28.2 Å². The first-order chi connectivity index (χ1) is 5.41. The maximum absolute atomic E-state index is 12.0. The number of H-pyrrole nitrogens is 1. The van der Waals surface area contributed by atoms with E-state index >= 15 is 0 Å². The lowest BCUT2D eigenvalue weighted by Crippen LogP contribution is -2.14. The molecular weight excluding hydrogens is 173 g/mol. The van der Waals surface area contributed by atoms with Crippen molar-refractivity contribution in [3.63, 3.8) is 0 Å². The summed E-state index contributed by atoms with van der Waals surface area (Å²) in [6, 6.07) is 0.697. The molecule has 1 aromatic heterocycles. The standard InChI is InChI=1S/C6H5F3N2O/c7-6(8,9)3-2-11-5(12)1-4(3)10/h1-2H,(H3,10,11,12). The average molecular weight is 178 g/mol. The molecule has 0 spiro atoms. The number of alkyl halides is 3. The monoisotopic (exact) mass is 178 g/mol. The molecule has 1 rings (SSSR count). The highest BCUT2D eigenvalue weighted by Crippen LogP contribution is 2.31. The van der Waals surface area contributed by atoms with Gasteiger partial charge in [0.05, 0.1) is 11.3 Å². The first kappa shape index (κ1) is 8.63. The third-order valence-electron chi connectivity index (χ3n) is 1.26. The molecule has 0 aliphatic rings. The summed E-state index contributed by atoms with van der Waals surface area (Å²) in [5.41, 5.74) is 2.73. The van der Waals surface area contributed by atoms with Crippen LogP contribution in [0.4, 0.5) is 18.9 Å². The van der Waals surface area contributed by atoms with Crippen LogP contribution in [-0.4, -0.2) is 4.98 Å². The molecule has 0 radical (unpaired) electrons. The van der Waals surface area contributed by atoms with Gasteiger partial charge in [-0.15, -0.1) is 0 Å². The minimum atomic E-state index is -4.52. The molecule has 0 saturated heterocycles. The fourth-order valence-corrected chi connectivity index (χ4v) is 0.733. The lowest BCUT2D eigenvalue weighted by molar-refractivity contribution is -0.137. The largest absolute Gasteiger partial charge is 0.419 e. The normalized spacial score (nSPS) is 11.6. The number of nitrogens with one attached hydrogen (secondary N) is 1. The first-order valence-corrected chi connectivity index (χ1v) is 2.96. The zero-order valence-electron chi connectivity index (χ0n) is 5.77. The van der Waals surface area contributed by atoms with Gasteiger partial charge in [-0.05, 0) is 0 Å². The Kier molecular flexibility index (Phi) is 1.83. The van der Waals surface area contributed by atoms with E-state index in [1.165, 1.54) is 0 Å². The van der Waals surface area contributed by atoms with Crippen LogP contribution < -0.4 is 11.3 Å². The van der Waals surface area contributed by atoms with Gasteiger partial charge < -0.3 is 10.7 Å². The molecule has 0 bridgehead atoms. The average Bonchev–Trinajstić information content (AvgIpc) is 1.83. The lowest BCUT2D eigenvalue weighted by atomic mass is 10.2. The van der Waals surface area contributed by atoms with Crippen molar-refractivity contribution >= 4 is 5.69 Å². The number of aromatic nitrogens is 1. The first-order valence-electron chi connectivity index (χ1n) is 2.96. The van der Waals surface area contributed by atoms with Gasteiger partial charge in [0.25, 0.3) is 0 Å². The fraction of sp³-hybridized carbons (Fsp3) is 0.167. The molecule has 1 aromatic rings. The smallest absolute Gasteiger partial charge is 0.398 e. The van der Waals surface area contributed by atoms with Crippen LogP contribution in [0, 0.1) is 0 Å². The number of hydrogen-bond acceptors (Lipinski definition) is 2. The maximum Gasteiger partial charge on any atom is 0.419 e. The second-order valence-corrected chi connectivity index (χ2v) is 2.16. The predicted octanol–water partition coefficient (Wildman–Crippen LogP) is 0.976. The summed E-state index contributed by atoms with van der Waals surface area (Å²) in [4.78, 5) is 12.4. The molecular formula is C6H5F3N2O. The van der Waals surface area contributed by atoms with E-state index in [-0.39, 0.29) is 0 Å². The van der Waals surface area contributed by atoms with Crippen molar-refractivity contribution in [2.75, 3.05) is 5.73 Å². The highest BCUT2D eigenvalue weighted by atomic mass is 19.4. The topological polar surface area (TPSA) is 58.9 Å². The van der Waals surface area contributed by atoms with E-state index in [0.29, 0.717) is 12.3 Å². The Morgan fingerprint density at radius 3 is 2.42 bits per heavy atom. The molecule has 0 saturated carbocycles. The Hall–Kier alpha value is -1.46. The van der Waals surface area contributed by atoms with Crippen molar-refractivity contribution in [2.45, 2.75) is 6.18 Å². The van der Waals surface area contributed by atoms with Crippen LogP contribution in [0.25, 0.3) is 0 Å². The number of nitrogens with two attached hydrogens (primary N) is 1. The second-order valence-electron chi connectivity index (χ2n) is 2.16. The van der Waals surface area contributed by atoms with Gasteiger partial charge >= 0.3 is 6.18 Å². The van der Waals surface area contributed by atoms with Crippen LogP contribution in [0.2, 0.25) is 0 Å². The van der Waals surface area contributed by atoms with Gasteiger partial charge in [0.1, 0.15) is 0 Å². The summed E-state index contributed by atoms with van der Waals surface area (Å²) in [6.45, 7) is 0. The van der Waals surface area contributed by atoms with Gasteiger partial charge in [0.2, 0.25) is 5.56 Å². The van der Waals surface area contributed by atoms with Crippen LogP contribution in [0.5, 0.6) is 0 Å². The number of pyridine rings is 1. The Morgan fingerprint density at radius 2 is 2.00 bits per heavy atom. The molecule has 0 atom stereocenters. The molecule has 0 unspecified atom stereocenters. The van der Waals surface area contributed by atoms with Crippen LogP contribution in [0.1, 0.15) is 5.56 Å². The maximum atomic E-state index is 12.0. The molecule has 66 valence electrons. The van der Waals surface area contributed by atoms with Gasteiger partial charge in [-0.3, -0.25) is 4.79 Å². The molecule has 12 heavy (non-hydrogen) atoms. The van der Waals surface area contributed by atoms with Crippen molar-refractivity contribution in [2.24, 2.45) is 0 Å².